The summed E-state index contributed by atoms with van der Waals surface area (Å²) in [4.78, 5) is 16.4. The summed E-state index contributed by atoms with van der Waals surface area (Å²) in [5.41, 5.74) is 2.27. The van der Waals surface area contributed by atoms with Crippen molar-refractivity contribution in [3.8, 4) is 11.5 Å². The molecule has 0 saturated heterocycles. The molecule has 22 heavy (non-hydrogen) atoms. The largest absolute Gasteiger partial charge is 0.465 e. The molecule has 1 aromatic carbocycles. The van der Waals surface area contributed by atoms with E-state index in [2.05, 4.69) is 11.1 Å². The number of benzene rings is 1. The highest BCUT2D eigenvalue weighted by molar-refractivity contribution is 7.20. The summed E-state index contributed by atoms with van der Waals surface area (Å²) < 4.78 is 11.6. The number of fused-ring (bicyclic) bond motifs is 1. The van der Waals surface area contributed by atoms with Crippen LogP contribution in [-0.2, 0) is 4.74 Å². The molecule has 2 heterocycles. The molecule has 0 aliphatic heterocycles. The monoisotopic (exact) mass is 313 g/mol. The van der Waals surface area contributed by atoms with Crippen molar-refractivity contribution in [3.63, 3.8) is 0 Å². The van der Waals surface area contributed by atoms with Crippen molar-refractivity contribution in [3.05, 3.63) is 52.7 Å². The number of esters is 1. The molecular weight excluding hydrogens is 298 g/mol. The molecule has 0 fully saturated rings. The highest BCUT2D eigenvalue weighted by atomic mass is 32.1. The van der Waals surface area contributed by atoms with E-state index in [0.717, 1.165) is 27.0 Å². The van der Waals surface area contributed by atoms with E-state index in [0.29, 0.717) is 10.6 Å². The lowest BCUT2D eigenvalue weighted by atomic mass is 10.1. The highest BCUT2D eigenvalue weighted by Gasteiger charge is 2.14. The topological polar surface area (TPSA) is 48.4 Å². The number of aryl methyl sites for hydroxylation is 2. The number of hydrogen-bond acceptors (Lipinski definition) is 5. The average Bonchev–Trinajstić information content (AvgIpc) is 2.90. The van der Waals surface area contributed by atoms with Crippen LogP contribution in [0.4, 0.5) is 0 Å². The second-order valence-electron chi connectivity index (χ2n) is 5.08. The Morgan fingerprint density at radius 2 is 1.82 bits per heavy atom. The zero-order valence-corrected chi connectivity index (χ0v) is 13.4. The number of pyridine rings is 1. The lowest BCUT2D eigenvalue weighted by Gasteiger charge is -2.08. The van der Waals surface area contributed by atoms with Gasteiger partial charge in [0.2, 0.25) is 0 Å². The van der Waals surface area contributed by atoms with Gasteiger partial charge >= 0.3 is 5.97 Å². The zero-order chi connectivity index (χ0) is 15.7. The van der Waals surface area contributed by atoms with Gasteiger partial charge in [-0.1, -0.05) is 6.07 Å². The van der Waals surface area contributed by atoms with Gasteiger partial charge in [-0.3, -0.25) is 4.98 Å². The van der Waals surface area contributed by atoms with Crippen molar-refractivity contribution >= 4 is 27.4 Å². The summed E-state index contributed by atoms with van der Waals surface area (Å²) >= 11 is 1.34. The fourth-order valence-corrected chi connectivity index (χ4v) is 3.30. The van der Waals surface area contributed by atoms with Crippen LogP contribution in [0.2, 0.25) is 0 Å². The van der Waals surface area contributed by atoms with Crippen molar-refractivity contribution in [1.82, 2.24) is 4.98 Å². The van der Waals surface area contributed by atoms with Gasteiger partial charge in [-0.15, -0.1) is 11.3 Å². The van der Waals surface area contributed by atoms with Crippen LogP contribution in [0.25, 0.3) is 10.1 Å². The molecule has 0 atom stereocenters. The fourth-order valence-electron chi connectivity index (χ4n) is 2.34. The Kier molecular flexibility index (Phi) is 3.81. The van der Waals surface area contributed by atoms with E-state index in [1.165, 1.54) is 18.4 Å². The first kappa shape index (κ1) is 14.5. The normalized spacial score (nSPS) is 10.7. The van der Waals surface area contributed by atoms with Crippen molar-refractivity contribution in [2.24, 2.45) is 0 Å². The van der Waals surface area contributed by atoms with Gasteiger partial charge in [0.25, 0.3) is 0 Å². The van der Waals surface area contributed by atoms with Crippen LogP contribution < -0.4 is 4.74 Å². The van der Waals surface area contributed by atoms with E-state index < -0.39 is 0 Å². The van der Waals surface area contributed by atoms with Gasteiger partial charge in [-0.2, -0.15) is 0 Å². The van der Waals surface area contributed by atoms with Gasteiger partial charge in [0.1, 0.15) is 10.6 Å². The highest BCUT2D eigenvalue weighted by Crippen LogP contribution is 2.35. The Labute approximate surface area is 132 Å². The first-order valence-electron chi connectivity index (χ1n) is 6.79. The van der Waals surface area contributed by atoms with Gasteiger partial charge in [0.05, 0.1) is 18.0 Å². The number of thiophene rings is 1. The molecule has 5 heteroatoms. The number of methoxy groups -OCH3 is 1. The molecule has 112 valence electrons. The molecule has 0 radical (unpaired) electrons. The minimum absolute atomic E-state index is 0.349. The first-order valence-corrected chi connectivity index (χ1v) is 7.60. The van der Waals surface area contributed by atoms with Gasteiger partial charge in [-0.05, 0) is 43.2 Å². The van der Waals surface area contributed by atoms with Crippen molar-refractivity contribution < 1.29 is 14.3 Å². The van der Waals surface area contributed by atoms with E-state index in [-0.39, 0.29) is 5.97 Å². The van der Waals surface area contributed by atoms with Crippen LogP contribution in [0, 0.1) is 13.8 Å². The standard InChI is InChI=1S/C17H15NO3S/c1-10-4-11(2)6-12(5-10)21-14-8-18-9-16-13(14)7-15(22-16)17(19)20-3/h4-9H,1-3H3. The minimum Gasteiger partial charge on any atom is -0.465 e. The number of nitrogens with zero attached hydrogens (tertiary/aromatic N) is 1. The van der Waals surface area contributed by atoms with Crippen LogP contribution in [0.3, 0.4) is 0 Å². The third-order valence-electron chi connectivity index (χ3n) is 3.22. The molecule has 4 nitrogen and oxygen atoms in total. The molecule has 0 aliphatic carbocycles. The summed E-state index contributed by atoms with van der Waals surface area (Å²) in [6.07, 6.45) is 3.38. The second-order valence-corrected chi connectivity index (χ2v) is 6.16. The number of rotatable bonds is 3. The van der Waals surface area contributed by atoms with Crippen molar-refractivity contribution in [2.45, 2.75) is 13.8 Å². The van der Waals surface area contributed by atoms with Gasteiger partial charge < -0.3 is 9.47 Å². The van der Waals surface area contributed by atoms with E-state index in [9.17, 15) is 4.79 Å². The van der Waals surface area contributed by atoms with Gasteiger partial charge in [0, 0.05) is 11.6 Å². The number of hydrogen-bond donors (Lipinski definition) is 0. The smallest absolute Gasteiger partial charge is 0.348 e. The Balaban J connectivity index is 2.03. The van der Waals surface area contributed by atoms with Crippen LogP contribution in [0.1, 0.15) is 20.8 Å². The van der Waals surface area contributed by atoms with E-state index in [1.54, 1.807) is 18.5 Å². The zero-order valence-electron chi connectivity index (χ0n) is 12.5. The molecule has 2 aromatic heterocycles. The fraction of sp³-hybridized carbons (Fsp3) is 0.176. The molecule has 0 amide bonds. The molecule has 0 bridgehead atoms. The number of aromatic nitrogens is 1. The van der Waals surface area contributed by atoms with Crippen LogP contribution in [0.15, 0.2) is 36.7 Å². The summed E-state index contributed by atoms with van der Waals surface area (Å²) in [6, 6.07) is 7.82. The number of carbonyl (C=O) groups excluding carboxylic acids is 1. The quantitative estimate of drug-likeness (QED) is 0.668. The molecule has 0 aliphatic rings. The maximum Gasteiger partial charge on any atom is 0.348 e. The maximum atomic E-state index is 11.7. The van der Waals surface area contributed by atoms with Crippen LogP contribution in [0.5, 0.6) is 11.5 Å². The molecule has 0 N–H and O–H groups in total. The van der Waals surface area contributed by atoms with Gasteiger partial charge in [0.15, 0.2) is 5.75 Å². The van der Waals surface area contributed by atoms with E-state index >= 15 is 0 Å². The molecule has 0 unspecified atom stereocenters. The molecule has 3 rings (SSSR count). The number of ether oxygens (including phenoxy) is 2. The SMILES string of the molecule is COC(=O)c1cc2c(Oc3cc(C)cc(C)c3)cncc2s1. The molecule has 3 aromatic rings. The Morgan fingerprint density at radius 3 is 2.50 bits per heavy atom. The van der Waals surface area contributed by atoms with Crippen LogP contribution >= 0.6 is 11.3 Å². The molecule has 0 spiro atoms. The summed E-state index contributed by atoms with van der Waals surface area (Å²) in [5, 5.41) is 0.861. The van der Waals surface area contributed by atoms with Crippen LogP contribution in [-0.4, -0.2) is 18.1 Å². The van der Waals surface area contributed by atoms with Crippen molar-refractivity contribution in [1.29, 1.82) is 0 Å². The lowest BCUT2D eigenvalue weighted by molar-refractivity contribution is 0.0606. The molecule has 0 saturated carbocycles. The predicted octanol–water partition coefficient (Wildman–Crippen LogP) is 4.49. The maximum absolute atomic E-state index is 11.7. The number of carbonyl (C=O) groups is 1. The minimum atomic E-state index is -0.349. The predicted molar refractivity (Wildman–Crippen MR) is 86.9 cm³/mol. The van der Waals surface area contributed by atoms with E-state index in [4.69, 9.17) is 9.47 Å². The first-order chi connectivity index (χ1) is 10.6. The summed E-state index contributed by atoms with van der Waals surface area (Å²) in [5.74, 6) is 1.05. The summed E-state index contributed by atoms with van der Waals surface area (Å²) in [7, 11) is 1.37. The Hall–Kier alpha value is -2.40. The average molecular weight is 313 g/mol. The third kappa shape index (κ3) is 2.80. The summed E-state index contributed by atoms with van der Waals surface area (Å²) in [6.45, 7) is 4.05. The van der Waals surface area contributed by atoms with Crippen molar-refractivity contribution in [2.75, 3.05) is 7.11 Å². The molecular formula is C17H15NO3S. The third-order valence-corrected chi connectivity index (χ3v) is 4.27. The lowest BCUT2D eigenvalue weighted by Crippen LogP contribution is -1.96. The Morgan fingerprint density at radius 1 is 1.09 bits per heavy atom. The Bertz CT molecular complexity index is 834. The van der Waals surface area contributed by atoms with Gasteiger partial charge in [-0.25, -0.2) is 4.79 Å². The second kappa shape index (κ2) is 5.77. The van der Waals surface area contributed by atoms with E-state index in [1.807, 2.05) is 26.0 Å².